The van der Waals surface area contributed by atoms with Crippen LogP contribution in [0.1, 0.15) is 24.6 Å². The molecule has 0 saturated carbocycles. The van der Waals surface area contributed by atoms with Gasteiger partial charge in [-0.15, -0.1) is 11.3 Å². The van der Waals surface area contributed by atoms with Gasteiger partial charge in [-0.05, 0) is 19.3 Å². The van der Waals surface area contributed by atoms with Gasteiger partial charge < -0.3 is 0 Å². The van der Waals surface area contributed by atoms with Gasteiger partial charge in [-0.2, -0.15) is 0 Å². The summed E-state index contributed by atoms with van der Waals surface area (Å²) in [4.78, 5) is 15.1. The van der Waals surface area contributed by atoms with Crippen LogP contribution in [0.3, 0.4) is 0 Å². The highest BCUT2D eigenvalue weighted by Gasteiger charge is 2.05. The first-order valence-corrected chi connectivity index (χ1v) is 5.62. The lowest BCUT2D eigenvalue weighted by Gasteiger charge is -1.96. The lowest BCUT2D eigenvalue weighted by molar-refractivity contribution is -0.485. The number of hydrazone groups is 1. The third-order valence-corrected chi connectivity index (χ3v) is 2.99. The molecule has 0 saturated heterocycles. The molecule has 0 aliphatic carbocycles. The third-order valence-electron chi connectivity index (χ3n) is 1.82. The van der Waals surface area contributed by atoms with Crippen LogP contribution in [0.5, 0.6) is 0 Å². The first-order chi connectivity index (χ1) is 7.11. The lowest BCUT2D eigenvalue weighted by Crippen LogP contribution is -2.02. The van der Waals surface area contributed by atoms with E-state index in [4.69, 9.17) is 11.6 Å². The number of nitrogens with zero attached hydrogens (tertiary/aromatic N) is 3. The highest BCUT2D eigenvalue weighted by Crippen LogP contribution is 2.19. The molecule has 7 heteroatoms. The number of thiazole rings is 1. The Morgan fingerprint density at radius 1 is 1.80 bits per heavy atom. The molecule has 0 aliphatic rings. The summed E-state index contributed by atoms with van der Waals surface area (Å²) in [6, 6.07) is 0. The smallest absolute Gasteiger partial charge is 0.190 e. The first-order valence-electron chi connectivity index (χ1n) is 4.42. The van der Waals surface area contributed by atoms with Gasteiger partial charge >= 0.3 is 0 Å². The van der Waals surface area contributed by atoms with E-state index < -0.39 is 5.03 Å². The van der Waals surface area contributed by atoms with Gasteiger partial charge in [0.15, 0.2) is 9.50 Å². The van der Waals surface area contributed by atoms with E-state index in [1.165, 1.54) is 11.3 Å². The maximum Gasteiger partial charge on any atom is 0.190 e. The standard InChI is InChI=1S/C8H10ClN3O2S/c1-2-6(11-12(13)14)3-4-7-5-10-8(9)15-7/h5H,2-4H2,1H3/b11-6-. The highest BCUT2D eigenvalue weighted by atomic mass is 35.5. The van der Waals surface area contributed by atoms with Crippen LogP contribution in [-0.2, 0) is 6.42 Å². The Balaban J connectivity index is 2.51. The van der Waals surface area contributed by atoms with E-state index in [9.17, 15) is 10.1 Å². The van der Waals surface area contributed by atoms with Gasteiger partial charge in [-0.25, -0.2) is 15.1 Å². The van der Waals surface area contributed by atoms with Crippen LogP contribution in [-0.4, -0.2) is 15.7 Å². The Labute approximate surface area is 95.9 Å². The highest BCUT2D eigenvalue weighted by molar-refractivity contribution is 7.15. The molecule has 82 valence electrons. The summed E-state index contributed by atoms with van der Waals surface area (Å²) in [5.41, 5.74) is 0.588. The Kier molecular flexibility index (Phi) is 4.64. The van der Waals surface area contributed by atoms with Crippen LogP contribution in [0, 0.1) is 10.1 Å². The molecule has 1 rings (SSSR count). The summed E-state index contributed by atoms with van der Waals surface area (Å²) < 4.78 is 0.495. The van der Waals surface area contributed by atoms with Crippen molar-refractivity contribution in [3.63, 3.8) is 0 Å². The summed E-state index contributed by atoms with van der Waals surface area (Å²) in [7, 11) is 0. The second kappa shape index (κ2) is 5.77. The van der Waals surface area contributed by atoms with Crippen LogP contribution in [0.4, 0.5) is 0 Å². The molecule has 15 heavy (non-hydrogen) atoms. The molecule has 0 atom stereocenters. The fourth-order valence-corrected chi connectivity index (χ4v) is 2.06. The lowest BCUT2D eigenvalue weighted by atomic mass is 10.1. The monoisotopic (exact) mass is 247 g/mol. The van der Waals surface area contributed by atoms with E-state index in [-0.39, 0.29) is 0 Å². The van der Waals surface area contributed by atoms with Crippen molar-refractivity contribution >= 4 is 28.6 Å². The average Bonchev–Trinajstić information content (AvgIpc) is 2.58. The van der Waals surface area contributed by atoms with Gasteiger partial charge in [0.25, 0.3) is 0 Å². The molecule has 0 amide bonds. The Bertz CT molecular complexity index is 378. The van der Waals surface area contributed by atoms with Crippen molar-refractivity contribution in [1.29, 1.82) is 0 Å². The van der Waals surface area contributed by atoms with E-state index in [1.54, 1.807) is 6.20 Å². The molecule has 0 fully saturated rings. The fourth-order valence-electron chi connectivity index (χ4n) is 1.08. The molecule has 1 aromatic heterocycles. The molecule has 0 spiro atoms. The van der Waals surface area contributed by atoms with Gasteiger partial charge in [0, 0.05) is 11.1 Å². The van der Waals surface area contributed by atoms with Crippen LogP contribution in [0.25, 0.3) is 0 Å². The largest absolute Gasteiger partial charge is 0.233 e. The predicted molar refractivity (Wildman–Crippen MR) is 60.2 cm³/mol. The minimum Gasteiger partial charge on any atom is -0.233 e. The van der Waals surface area contributed by atoms with Crippen LogP contribution < -0.4 is 0 Å². The summed E-state index contributed by atoms with van der Waals surface area (Å²) in [5, 5.41) is 12.8. The molecule has 1 aromatic rings. The summed E-state index contributed by atoms with van der Waals surface area (Å²) in [6.07, 6.45) is 3.56. The van der Waals surface area contributed by atoms with Crippen LogP contribution >= 0.6 is 22.9 Å². The van der Waals surface area contributed by atoms with E-state index in [1.807, 2.05) is 6.92 Å². The second-order valence-electron chi connectivity index (χ2n) is 2.84. The zero-order valence-electron chi connectivity index (χ0n) is 8.14. The van der Waals surface area contributed by atoms with Crippen molar-refractivity contribution in [2.45, 2.75) is 26.2 Å². The maximum atomic E-state index is 10.2. The number of aromatic nitrogens is 1. The number of nitro groups is 1. The van der Waals surface area contributed by atoms with Crippen molar-refractivity contribution in [3.05, 3.63) is 25.7 Å². The van der Waals surface area contributed by atoms with Crippen LogP contribution in [0.15, 0.2) is 11.3 Å². The van der Waals surface area contributed by atoms with Gasteiger partial charge in [-0.1, -0.05) is 18.5 Å². The maximum absolute atomic E-state index is 10.2. The van der Waals surface area contributed by atoms with Gasteiger partial charge in [0.1, 0.15) is 0 Å². The number of halogens is 1. The molecule has 0 bridgehead atoms. The zero-order valence-corrected chi connectivity index (χ0v) is 9.72. The van der Waals surface area contributed by atoms with Gasteiger partial charge in [0.05, 0.1) is 10.8 Å². The molecule has 0 N–H and O–H groups in total. The average molecular weight is 248 g/mol. The number of aryl methyl sites for hydroxylation is 1. The summed E-state index contributed by atoms with van der Waals surface area (Å²) in [5.74, 6) is 0. The number of rotatable bonds is 5. The number of hydrogen-bond donors (Lipinski definition) is 0. The van der Waals surface area contributed by atoms with Gasteiger partial charge in [0.2, 0.25) is 0 Å². The topological polar surface area (TPSA) is 68.4 Å². The molecular formula is C8H10ClN3O2S. The Morgan fingerprint density at radius 2 is 2.53 bits per heavy atom. The SMILES string of the molecule is CC/C(CCc1cnc(Cl)s1)=N/[N+](=O)[O-]. The molecule has 0 aliphatic heterocycles. The van der Waals surface area contributed by atoms with Crippen molar-refractivity contribution < 1.29 is 5.03 Å². The molecular weight excluding hydrogens is 238 g/mol. The zero-order chi connectivity index (χ0) is 11.3. The third kappa shape index (κ3) is 4.35. The second-order valence-corrected chi connectivity index (χ2v) is 4.53. The Morgan fingerprint density at radius 3 is 3.00 bits per heavy atom. The van der Waals surface area contributed by atoms with E-state index >= 15 is 0 Å². The molecule has 5 nitrogen and oxygen atoms in total. The molecule has 1 heterocycles. The van der Waals surface area contributed by atoms with Crippen molar-refractivity contribution in [3.8, 4) is 0 Å². The quantitative estimate of drug-likeness (QED) is 0.456. The summed E-state index contributed by atoms with van der Waals surface area (Å²) >= 11 is 7.05. The van der Waals surface area contributed by atoms with Crippen molar-refractivity contribution in [2.24, 2.45) is 5.10 Å². The normalized spacial score (nSPS) is 11.7. The minimum atomic E-state index is -0.654. The minimum absolute atomic E-state index is 0.495. The number of hydrogen-bond acceptors (Lipinski definition) is 4. The fraction of sp³-hybridized carbons (Fsp3) is 0.500. The molecule has 0 aromatic carbocycles. The molecule has 0 unspecified atom stereocenters. The van der Waals surface area contributed by atoms with E-state index in [0.29, 0.717) is 29.4 Å². The van der Waals surface area contributed by atoms with Crippen molar-refractivity contribution in [2.75, 3.05) is 0 Å². The summed E-state index contributed by atoms with van der Waals surface area (Å²) in [6.45, 7) is 1.85. The van der Waals surface area contributed by atoms with E-state index in [2.05, 4.69) is 10.1 Å². The predicted octanol–water partition coefficient (Wildman–Crippen LogP) is 2.77. The van der Waals surface area contributed by atoms with Crippen LogP contribution in [0.2, 0.25) is 4.47 Å². The molecule has 0 radical (unpaired) electrons. The van der Waals surface area contributed by atoms with E-state index in [0.717, 1.165) is 4.88 Å². The Hall–Kier alpha value is -1.01. The van der Waals surface area contributed by atoms with Gasteiger partial charge in [-0.3, -0.25) is 0 Å². The first kappa shape index (κ1) is 12.1. The van der Waals surface area contributed by atoms with Crippen molar-refractivity contribution in [1.82, 2.24) is 4.98 Å².